The van der Waals surface area contributed by atoms with Crippen LogP contribution < -0.4 is 4.72 Å². The Morgan fingerprint density at radius 1 is 1.53 bits per heavy atom. The zero-order valence-corrected chi connectivity index (χ0v) is 13.1. The molecule has 0 saturated carbocycles. The lowest BCUT2D eigenvalue weighted by Gasteiger charge is -2.17. The van der Waals surface area contributed by atoms with Crippen LogP contribution in [0.2, 0.25) is 5.02 Å². The SMILES string of the molecule is CN(CCC(=O)O)S(=O)(=O)Nc1ccc(Cl)c(Br)c1. The van der Waals surface area contributed by atoms with Crippen molar-refractivity contribution in [3.63, 3.8) is 0 Å². The van der Waals surface area contributed by atoms with Gasteiger partial charge in [-0.05, 0) is 34.1 Å². The minimum Gasteiger partial charge on any atom is -0.481 e. The van der Waals surface area contributed by atoms with Gasteiger partial charge in [-0.2, -0.15) is 12.7 Å². The smallest absolute Gasteiger partial charge is 0.304 e. The number of anilines is 1. The van der Waals surface area contributed by atoms with Crippen LogP contribution in [0.3, 0.4) is 0 Å². The molecule has 0 amide bonds. The van der Waals surface area contributed by atoms with E-state index in [2.05, 4.69) is 20.7 Å². The largest absolute Gasteiger partial charge is 0.481 e. The van der Waals surface area contributed by atoms with Crippen molar-refractivity contribution in [2.45, 2.75) is 6.42 Å². The first-order valence-corrected chi connectivity index (χ1v) is 7.74. The summed E-state index contributed by atoms with van der Waals surface area (Å²) in [6.45, 7) is -0.112. The Hall–Kier alpha value is -0.830. The highest BCUT2D eigenvalue weighted by atomic mass is 79.9. The second-order valence-electron chi connectivity index (χ2n) is 3.70. The number of nitrogens with zero attached hydrogens (tertiary/aromatic N) is 1. The van der Waals surface area contributed by atoms with E-state index < -0.39 is 16.2 Å². The Bertz CT molecular complexity index is 579. The number of carbonyl (C=O) groups is 1. The van der Waals surface area contributed by atoms with Crippen LogP contribution in [-0.2, 0) is 15.0 Å². The minimum atomic E-state index is -3.78. The van der Waals surface area contributed by atoms with Crippen molar-refractivity contribution in [3.05, 3.63) is 27.7 Å². The molecule has 106 valence electrons. The van der Waals surface area contributed by atoms with Crippen LogP contribution in [0.25, 0.3) is 0 Å². The zero-order chi connectivity index (χ0) is 14.6. The summed E-state index contributed by atoms with van der Waals surface area (Å²) in [6.07, 6.45) is -0.262. The van der Waals surface area contributed by atoms with Gasteiger partial charge in [0.05, 0.1) is 17.1 Å². The number of carboxylic acids is 1. The molecule has 1 aromatic carbocycles. The van der Waals surface area contributed by atoms with E-state index in [0.717, 1.165) is 4.31 Å². The maximum atomic E-state index is 11.9. The van der Waals surface area contributed by atoms with Gasteiger partial charge in [0.25, 0.3) is 0 Å². The highest BCUT2D eigenvalue weighted by Crippen LogP contribution is 2.26. The minimum absolute atomic E-state index is 0.112. The summed E-state index contributed by atoms with van der Waals surface area (Å²) in [7, 11) is -2.48. The van der Waals surface area contributed by atoms with Gasteiger partial charge in [0, 0.05) is 18.1 Å². The normalized spacial score (nSPS) is 11.6. The standard InChI is InChI=1S/C10H12BrClN2O4S/c1-14(5-4-10(15)16)19(17,18)13-7-2-3-9(12)8(11)6-7/h2-3,6,13H,4-5H2,1H3,(H,15,16). The first-order valence-electron chi connectivity index (χ1n) is 5.13. The zero-order valence-electron chi connectivity index (χ0n) is 9.93. The van der Waals surface area contributed by atoms with Crippen molar-refractivity contribution in [3.8, 4) is 0 Å². The maximum Gasteiger partial charge on any atom is 0.304 e. The van der Waals surface area contributed by atoms with Crippen molar-refractivity contribution >= 4 is 49.4 Å². The lowest BCUT2D eigenvalue weighted by Crippen LogP contribution is -2.34. The van der Waals surface area contributed by atoms with Gasteiger partial charge in [-0.3, -0.25) is 9.52 Å². The van der Waals surface area contributed by atoms with Gasteiger partial charge in [0.2, 0.25) is 0 Å². The number of benzene rings is 1. The quantitative estimate of drug-likeness (QED) is 0.802. The van der Waals surface area contributed by atoms with Crippen LogP contribution in [0.5, 0.6) is 0 Å². The Labute approximate surface area is 124 Å². The number of hydrogen-bond donors (Lipinski definition) is 2. The van der Waals surface area contributed by atoms with Crippen molar-refractivity contribution < 1.29 is 18.3 Å². The van der Waals surface area contributed by atoms with Crippen molar-refractivity contribution in [2.24, 2.45) is 0 Å². The average Bonchev–Trinajstić information content (AvgIpc) is 2.30. The first-order chi connectivity index (χ1) is 8.72. The monoisotopic (exact) mass is 370 g/mol. The number of carboxylic acid groups (broad SMARTS) is 1. The lowest BCUT2D eigenvalue weighted by molar-refractivity contribution is -0.137. The van der Waals surface area contributed by atoms with Crippen LogP contribution in [0.15, 0.2) is 22.7 Å². The molecule has 0 radical (unpaired) electrons. The Balaban J connectivity index is 2.78. The van der Waals surface area contributed by atoms with Gasteiger partial charge in [-0.15, -0.1) is 0 Å². The molecule has 0 aliphatic rings. The molecule has 2 N–H and O–H groups in total. The lowest BCUT2D eigenvalue weighted by atomic mass is 10.3. The molecule has 0 fully saturated rings. The predicted molar refractivity (Wildman–Crippen MR) is 76.6 cm³/mol. The fraction of sp³-hybridized carbons (Fsp3) is 0.300. The molecule has 0 heterocycles. The number of nitrogens with one attached hydrogen (secondary N) is 1. The summed E-state index contributed by atoms with van der Waals surface area (Å²) in [5, 5.41) is 8.98. The van der Waals surface area contributed by atoms with E-state index >= 15 is 0 Å². The summed E-state index contributed by atoms with van der Waals surface area (Å²) >= 11 is 8.98. The Morgan fingerprint density at radius 2 is 2.16 bits per heavy atom. The van der Waals surface area contributed by atoms with Gasteiger partial charge in [0.15, 0.2) is 0 Å². The molecule has 6 nitrogen and oxygen atoms in total. The molecule has 0 spiro atoms. The fourth-order valence-electron chi connectivity index (χ4n) is 1.16. The third kappa shape index (κ3) is 4.98. The van der Waals surface area contributed by atoms with Crippen molar-refractivity contribution in [1.82, 2.24) is 4.31 Å². The van der Waals surface area contributed by atoms with Gasteiger partial charge in [-0.25, -0.2) is 0 Å². The molecule has 9 heteroatoms. The third-order valence-corrected chi connectivity index (χ3v) is 4.93. The molecule has 0 unspecified atom stereocenters. The molecular weight excluding hydrogens is 360 g/mol. The van der Waals surface area contributed by atoms with Crippen molar-refractivity contribution in [2.75, 3.05) is 18.3 Å². The molecule has 0 aliphatic carbocycles. The molecule has 1 aromatic rings. The fourth-order valence-corrected chi connectivity index (χ4v) is 2.57. The van der Waals surface area contributed by atoms with Crippen LogP contribution in [0.4, 0.5) is 5.69 Å². The molecule has 0 saturated heterocycles. The topological polar surface area (TPSA) is 86.7 Å². The van der Waals surface area contributed by atoms with E-state index in [1.54, 1.807) is 6.07 Å². The molecule has 0 atom stereocenters. The van der Waals surface area contributed by atoms with E-state index in [1.165, 1.54) is 19.2 Å². The first kappa shape index (κ1) is 16.2. The van der Waals surface area contributed by atoms with Crippen LogP contribution in [-0.4, -0.2) is 37.4 Å². The van der Waals surface area contributed by atoms with Crippen LogP contribution >= 0.6 is 27.5 Å². The van der Waals surface area contributed by atoms with E-state index in [9.17, 15) is 13.2 Å². The molecule has 19 heavy (non-hydrogen) atoms. The summed E-state index contributed by atoms with van der Waals surface area (Å²) < 4.78 is 27.6. The van der Waals surface area contributed by atoms with Gasteiger partial charge in [0.1, 0.15) is 0 Å². The number of halogens is 2. The summed E-state index contributed by atoms with van der Waals surface area (Å²) in [5.41, 5.74) is 0.332. The molecular formula is C10H12BrClN2O4S. The number of hydrogen-bond acceptors (Lipinski definition) is 3. The summed E-state index contributed by atoms with van der Waals surface area (Å²) in [4.78, 5) is 10.4. The van der Waals surface area contributed by atoms with Crippen LogP contribution in [0, 0.1) is 0 Å². The second-order valence-corrected chi connectivity index (χ2v) is 6.74. The van der Waals surface area contributed by atoms with Gasteiger partial charge in [-0.1, -0.05) is 11.6 Å². The van der Waals surface area contributed by atoms with Crippen molar-refractivity contribution in [1.29, 1.82) is 0 Å². The van der Waals surface area contributed by atoms with E-state index in [1.807, 2.05) is 0 Å². The highest BCUT2D eigenvalue weighted by molar-refractivity contribution is 9.10. The second kappa shape index (κ2) is 6.56. The number of aliphatic carboxylic acids is 1. The van der Waals surface area contributed by atoms with E-state index in [4.69, 9.17) is 16.7 Å². The summed E-state index contributed by atoms with van der Waals surface area (Å²) in [5.74, 6) is -1.06. The molecule has 0 bridgehead atoms. The predicted octanol–water partition coefficient (Wildman–Crippen LogP) is 2.17. The van der Waals surface area contributed by atoms with Gasteiger partial charge < -0.3 is 5.11 Å². The number of rotatable bonds is 6. The Morgan fingerprint density at radius 3 is 2.68 bits per heavy atom. The maximum absolute atomic E-state index is 11.9. The summed E-state index contributed by atoms with van der Waals surface area (Å²) in [6, 6.07) is 4.57. The van der Waals surface area contributed by atoms with Gasteiger partial charge >= 0.3 is 16.2 Å². The average molecular weight is 372 g/mol. The molecule has 0 aliphatic heterocycles. The van der Waals surface area contributed by atoms with Crippen LogP contribution in [0.1, 0.15) is 6.42 Å². The highest BCUT2D eigenvalue weighted by Gasteiger charge is 2.18. The van der Waals surface area contributed by atoms with E-state index in [0.29, 0.717) is 15.2 Å². The Kier molecular flexibility index (Phi) is 5.60. The molecule has 0 aromatic heterocycles. The van der Waals surface area contributed by atoms with E-state index in [-0.39, 0.29) is 13.0 Å². The third-order valence-electron chi connectivity index (χ3n) is 2.22. The molecule has 1 rings (SSSR count).